The van der Waals surface area contributed by atoms with Gasteiger partial charge in [0.15, 0.2) is 0 Å². The van der Waals surface area contributed by atoms with E-state index in [4.69, 9.17) is 0 Å². The SMILES string of the molecule is CC1=CCC=C(C)C2CC12. The van der Waals surface area contributed by atoms with E-state index in [2.05, 4.69) is 26.0 Å². The van der Waals surface area contributed by atoms with Crippen molar-refractivity contribution in [2.45, 2.75) is 26.7 Å². The molecule has 0 radical (unpaired) electrons. The number of rotatable bonds is 0. The van der Waals surface area contributed by atoms with Gasteiger partial charge in [0.25, 0.3) is 0 Å². The molecular weight excluding hydrogens is 120 g/mol. The third-order valence-electron chi connectivity index (χ3n) is 2.84. The molecule has 54 valence electrons. The Hall–Kier alpha value is -0.520. The summed E-state index contributed by atoms with van der Waals surface area (Å²) in [6, 6.07) is 0. The predicted molar refractivity (Wildman–Crippen MR) is 43.7 cm³/mol. The molecule has 0 aromatic rings. The molecule has 10 heavy (non-hydrogen) atoms. The molecule has 0 aromatic carbocycles. The normalized spacial score (nSPS) is 37.4. The van der Waals surface area contributed by atoms with E-state index in [0.29, 0.717) is 0 Å². The van der Waals surface area contributed by atoms with E-state index in [-0.39, 0.29) is 0 Å². The average molecular weight is 134 g/mol. The summed E-state index contributed by atoms with van der Waals surface area (Å²) in [6.45, 7) is 4.55. The van der Waals surface area contributed by atoms with E-state index in [1.54, 1.807) is 11.1 Å². The number of hydrogen-bond acceptors (Lipinski definition) is 0. The smallest absolute Gasteiger partial charge is 0.0134 e. The molecule has 2 unspecified atom stereocenters. The highest BCUT2D eigenvalue weighted by Gasteiger charge is 2.39. The molecule has 0 heterocycles. The maximum absolute atomic E-state index is 2.38. The Labute approximate surface area is 62.6 Å². The van der Waals surface area contributed by atoms with E-state index in [1.165, 1.54) is 12.8 Å². The van der Waals surface area contributed by atoms with Crippen LogP contribution < -0.4 is 0 Å². The molecular formula is C10H14. The second kappa shape index (κ2) is 1.98. The molecule has 1 fully saturated rings. The van der Waals surface area contributed by atoms with E-state index in [0.717, 1.165) is 11.8 Å². The van der Waals surface area contributed by atoms with Crippen LogP contribution in [0.2, 0.25) is 0 Å². The summed E-state index contributed by atoms with van der Waals surface area (Å²) in [5.74, 6) is 1.86. The second-order valence-electron chi connectivity index (χ2n) is 3.58. The fourth-order valence-corrected chi connectivity index (χ4v) is 1.93. The lowest BCUT2D eigenvalue weighted by molar-refractivity contribution is 0.885. The van der Waals surface area contributed by atoms with Crippen LogP contribution in [0.3, 0.4) is 0 Å². The Balaban J connectivity index is 2.23. The van der Waals surface area contributed by atoms with Crippen molar-refractivity contribution in [1.29, 1.82) is 0 Å². The lowest BCUT2D eigenvalue weighted by atomic mass is 10.1. The second-order valence-corrected chi connectivity index (χ2v) is 3.58. The summed E-state index contributed by atoms with van der Waals surface area (Å²) in [4.78, 5) is 0. The highest BCUT2D eigenvalue weighted by molar-refractivity contribution is 5.27. The van der Waals surface area contributed by atoms with Crippen LogP contribution in [-0.2, 0) is 0 Å². The molecule has 0 spiro atoms. The van der Waals surface area contributed by atoms with Crippen molar-refractivity contribution < 1.29 is 0 Å². The minimum absolute atomic E-state index is 0.929. The summed E-state index contributed by atoms with van der Waals surface area (Å²) in [5.41, 5.74) is 3.25. The van der Waals surface area contributed by atoms with E-state index in [1.807, 2.05) is 0 Å². The fourth-order valence-electron chi connectivity index (χ4n) is 1.93. The molecule has 0 N–H and O–H groups in total. The van der Waals surface area contributed by atoms with Crippen LogP contribution in [0.5, 0.6) is 0 Å². The van der Waals surface area contributed by atoms with Gasteiger partial charge in [0, 0.05) is 0 Å². The van der Waals surface area contributed by atoms with Crippen LogP contribution in [0.15, 0.2) is 23.3 Å². The molecule has 0 aromatic heterocycles. The summed E-state index contributed by atoms with van der Waals surface area (Å²) in [5, 5.41) is 0. The molecule has 0 saturated heterocycles. The summed E-state index contributed by atoms with van der Waals surface area (Å²) in [7, 11) is 0. The largest absolute Gasteiger partial charge is 0.0815 e. The molecule has 0 heteroatoms. The standard InChI is InChI=1S/C10H14/c1-7-4-3-5-8(2)10-6-9(7)10/h4-5,9-10H,3,6H2,1-2H3. The maximum atomic E-state index is 2.38. The number of hydrogen-bond donors (Lipinski definition) is 0. The van der Waals surface area contributed by atoms with Crippen molar-refractivity contribution in [2.24, 2.45) is 11.8 Å². The van der Waals surface area contributed by atoms with Gasteiger partial charge >= 0.3 is 0 Å². The summed E-state index contributed by atoms with van der Waals surface area (Å²) >= 11 is 0. The Morgan fingerprint density at radius 2 is 1.60 bits per heavy atom. The first-order valence-corrected chi connectivity index (χ1v) is 4.12. The zero-order valence-corrected chi connectivity index (χ0v) is 6.72. The Morgan fingerprint density at radius 1 is 1.10 bits per heavy atom. The lowest BCUT2D eigenvalue weighted by Crippen LogP contribution is -1.82. The van der Waals surface area contributed by atoms with Gasteiger partial charge < -0.3 is 0 Å². The van der Waals surface area contributed by atoms with Gasteiger partial charge in [0.05, 0.1) is 0 Å². The van der Waals surface area contributed by atoms with Gasteiger partial charge in [-0.3, -0.25) is 0 Å². The first-order chi connectivity index (χ1) is 4.79. The molecule has 1 saturated carbocycles. The van der Waals surface area contributed by atoms with Crippen LogP contribution in [0.4, 0.5) is 0 Å². The van der Waals surface area contributed by atoms with Gasteiger partial charge in [0.1, 0.15) is 0 Å². The van der Waals surface area contributed by atoms with Gasteiger partial charge in [-0.05, 0) is 38.5 Å². The molecule has 0 bridgehead atoms. The van der Waals surface area contributed by atoms with Crippen molar-refractivity contribution in [3.63, 3.8) is 0 Å². The van der Waals surface area contributed by atoms with Crippen molar-refractivity contribution >= 4 is 0 Å². The van der Waals surface area contributed by atoms with Gasteiger partial charge in [-0.2, -0.15) is 0 Å². The monoisotopic (exact) mass is 134 g/mol. The third kappa shape index (κ3) is 0.828. The molecule has 0 nitrogen and oxygen atoms in total. The molecule has 0 aliphatic heterocycles. The molecule has 2 atom stereocenters. The third-order valence-corrected chi connectivity index (χ3v) is 2.84. The van der Waals surface area contributed by atoms with E-state index >= 15 is 0 Å². The van der Waals surface area contributed by atoms with Crippen molar-refractivity contribution in [3.8, 4) is 0 Å². The van der Waals surface area contributed by atoms with Crippen LogP contribution in [-0.4, -0.2) is 0 Å². The van der Waals surface area contributed by atoms with E-state index < -0.39 is 0 Å². The predicted octanol–water partition coefficient (Wildman–Crippen LogP) is 2.92. The lowest BCUT2D eigenvalue weighted by Gasteiger charge is -1.94. The zero-order chi connectivity index (χ0) is 7.14. The zero-order valence-electron chi connectivity index (χ0n) is 6.72. The molecule has 2 aliphatic rings. The van der Waals surface area contributed by atoms with Crippen LogP contribution in [0.1, 0.15) is 26.7 Å². The Bertz CT molecular complexity index is 186. The highest BCUT2D eigenvalue weighted by atomic mass is 14.4. The van der Waals surface area contributed by atoms with Crippen LogP contribution >= 0.6 is 0 Å². The average Bonchev–Trinajstić information content (AvgIpc) is 2.63. The van der Waals surface area contributed by atoms with Gasteiger partial charge in [-0.15, -0.1) is 0 Å². The van der Waals surface area contributed by atoms with Gasteiger partial charge in [-0.1, -0.05) is 23.3 Å². The summed E-state index contributed by atoms with van der Waals surface area (Å²) in [6.07, 6.45) is 7.34. The summed E-state index contributed by atoms with van der Waals surface area (Å²) < 4.78 is 0. The molecule has 0 amide bonds. The van der Waals surface area contributed by atoms with Crippen LogP contribution in [0.25, 0.3) is 0 Å². The topological polar surface area (TPSA) is 0 Å². The highest BCUT2D eigenvalue weighted by Crippen LogP contribution is 2.49. The minimum atomic E-state index is 0.929. The first-order valence-electron chi connectivity index (χ1n) is 4.12. The molecule has 2 rings (SSSR count). The van der Waals surface area contributed by atoms with Gasteiger partial charge in [-0.25, -0.2) is 0 Å². The Morgan fingerprint density at radius 3 is 2.10 bits per heavy atom. The number of allylic oxidation sites excluding steroid dienone is 4. The van der Waals surface area contributed by atoms with E-state index in [9.17, 15) is 0 Å². The van der Waals surface area contributed by atoms with Crippen LogP contribution in [0, 0.1) is 11.8 Å². The number of fused-ring (bicyclic) bond motifs is 1. The fraction of sp³-hybridized carbons (Fsp3) is 0.600. The maximum Gasteiger partial charge on any atom is -0.0134 e. The quantitative estimate of drug-likeness (QED) is 0.447. The van der Waals surface area contributed by atoms with Crippen molar-refractivity contribution in [3.05, 3.63) is 23.3 Å². The molecule has 2 aliphatic carbocycles. The minimum Gasteiger partial charge on any atom is -0.0815 e. The van der Waals surface area contributed by atoms with Crippen molar-refractivity contribution in [2.75, 3.05) is 0 Å². The Kier molecular flexibility index (Phi) is 1.23. The van der Waals surface area contributed by atoms with Crippen molar-refractivity contribution in [1.82, 2.24) is 0 Å². The van der Waals surface area contributed by atoms with Gasteiger partial charge in [0.2, 0.25) is 0 Å². The first kappa shape index (κ1) is 6.21.